The molecule has 0 amide bonds. The highest BCUT2D eigenvalue weighted by Gasteiger charge is 2.39. The SMILES string of the molecule is CC(=O)C1C(=O)c2ccccc2/C1=N/N. The molecule has 2 N–H and O–H groups in total. The number of hydrogen-bond donors (Lipinski definition) is 1. The maximum absolute atomic E-state index is 11.9. The maximum Gasteiger partial charge on any atom is 0.180 e. The number of Topliss-reactive ketones (excluding diaryl/α,β-unsaturated/α-hetero) is 2. The number of hydrazone groups is 1. The van der Waals surface area contributed by atoms with Crippen LogP contribution in [0.15, 0.2) is 29.4 Å². The number of nitrogens with zero attached hydrogens (tertiary/aromatic N) is 1. The Balaban J connectivity index is 2.64. The van der Waals surface area contributed by atoms with E-state index >= 15 is 0 Å². The third-order valence-electron chi connectivity index (χ3n) is 2.55. The highest BCUT2D eigenvalue weighted by atomic mass is 16.2. The molecule has 2 rings (SSSR count). The summed E-state index contributed by atoms with van der Waals surface area (Å²) in [6, 6.07) is 6.99. The first-order valence-corrected chi connectivity index (χ1v) is 4.58. The first-order chi connectivity index (χ1) is 7.16. The van der Waals surface area contributed by atoms with Crippen molar-refractivity contribution < 1.29 is 9.59 Å². The number of hydrogen-bond acceptors (Lipinski definition) is 4. The topological polar surface area (TPSA) is 72.5 Å². The van der Waals surface area contributed by atoms with Crippen molar-refractivity contribution in [2.75, 3.05) is 0 Å². The summed E-state index contributed by atoms with van der Waals surface area (Å²) < 4.78 is 0. The Morgan fingerprint density at radius 2 is 1.93 bits per heavy atom. The van der Waals surface area contributed by atoms with Crippen LogP contribution < -0.4 is 5.84 Å². The Morgan fingerprint density at radius 1 is 1.33 bits per heavy atom. The van der Waals surface area contributed by atoms with Crippen LogP contribution in [-0.4, -0.2) is 17.3 Å². The lowest BCUT2D eigenvalue weighted by Crippen LogP contribution is -2.24. The van der Waals surface area contributed by atoms with Crippen molar-refractivity contribution in [3.05, 3.63) is 35.4 Å². The molecule has 0 heterocycles. The lowest BCUT2D eigenvalue weighted by Gasteiger charge is -2.03. The minimum absolute atomic E-state index is 0.206. The Bertz CT molecular complexity index is 477. The van der Waals surface area contributed by atoms with Gasteiger partial charge in [-0.25, -0.2) is 0 Å². The molecule has 76 valence electrons. The summed E-state index contributed by atoms with van der Waals surface area (Å²) in [5.74, 6) is 3.98. The fourth-order valence-corrected chi connectivity index (χ4v) is 1.88. The van der Waals surface area contributed by atoms with Crippen LogP contribution >= 0.6 is 0 Å². The van der Waals surface area contributed by atoms with Crippen molar-refractivity contribution in [1.29, 1.82) is 0 Å². The quantitative estimate of drug-likeness (QED) is 0.415. The Kier molecular flexibility index (Phi) is 2.11. The molecule has 0 radical (unpaired) electrons. The smallest absolute Gasteiger partial charge is 0.180 e. The number of rotatable bonds is 1. The van der Waals surface area contributed by atoms with Crippen LogP contribution in [0.2, 0.25) is 0 Å². The second kappa shape index (κ2) is 3.31. The number of benzene rings is 1. The zero-order valence-corrected chi connectivity index (χ0v) is 8.23. The lowest BCUT2D eigenvalue weighted by atomic mass is 9.99. The molecule has 0 spiro atoms. The van der Waals surface area contributed by atoms with Gasteiger partial charge in [0.15, 0.2) is 5.78 Å². The molecule has 0 aliphatic heterocycles. The van der Waals surface area contributed by atoms with E-state index < -0.39 is 5.92 Å². The summed E-state index contributed by atoms with van der Waals surface area (Å²) in [6.07, 6.45) is 0. The molecule has 15 heavy (non-hydrogen) atoms. The van der Waals surface area contributed by atoms with Crippen LogP contribution in [0.1, 0.15) is 22.8 Å². The van der Waals surface area contributed by atoms with E-state index in [0.29, 0.717) is 16.8 Å². The van der Waals surface area contributed by atoms with Crippen LogP contribution in [0.4, 0.5) is 0 Å². The summed E-state index contributed by atoms with van der Waals surface area (Å²) in [7, 11) is 0. The van der Waals surface area contributed by atoms with E-state index in [9.17, 15) is 9.59 Å². The molecule has 4 heteroatoms. The molecule has 1 aromatic carbocycles. The molecule has 0 bridgehead atoms. The minimum Gasteiger partial charge on any atom is -0.323 e. The Labute approximate surface area is 86.8 Å². The molecule has 1 aliphatic carbocycles. The van der Waals surface area contributed by atoms with Gasteiger partial charge in [0.05, 0.1) is 5.71 Å². The van der Waals surface area contributed by atoms with Gasteiger partial charge in [0.1, 0.15) is 11.7 Å². The maximum atomic E-state index is 11.9. The number of carbonyl (C=O) groups is 2. The Morgan fingerprint density at radius 3 is 2.47 bits per heavy atom. The van der Waals surface area contributed by atoms with E-state index in [2.05, 4.69) is 5.10 Å². The van der Waals surface area contributed by atoms with Crippen molar-refractivity contribution in [3.8, 4) is 0 Å². The first kappa shape index (κ1) is 9.58. The predicted octanol–water partition coefficient (Wildman–Crippen LogP) is 0.751. The summed E-state index contributed by atoms with van der Waals surface area (Å²) >= 11 is 0. The minimum atomic E-state index is -0.813. The molecule has 0 fully saturated rings. The molecule has 0 aromatic heterocycles. The zero-order chi connectivity index (χ0) is 11.0. The van der Waals surface area contributed by atoms with Crippen molar-refractivity contribution >= 4 is 17.3 Å². The van der Waals surface area contributed by atoms with Crippen molar-refractivity contribution in [2.45, 2.75) is 6.92 Å². The van der Waals surface area contributed by atoms with Gasteiger partial charge in [-0.2, -0.15) is 5.10 Å². The summed E-state index contributed by atoms with van der Waals surface area (Å²) in [6.45, 7) is 1.37. The van der Waals surface area contributed by atoms with E-state index in [1.807, 2.05) is 0 Å². The van der Waals surface area contributed by atoms with Gasteiger partial charge in [-0.05, 0) is 6.92 Å². The van der Waals surface area contributed by atoms with Crippen LogP contribution in [0.5, 0.6) is 0 Å². The molecular formula is C11H10N2O2. The van der Waals surface area contributed by atoms with Gasteiger partial charge in [-0.15, -0.1) is 0 Å². The van der Waals surface area contributed by atoms with E-state index in [4.69, 9.17) is 5.84 Å². The summed E-state index contributed by atoms with van der Waals surface area (Å²) in [4.78, 5) is 23.2. The highest BCUT2D eigenvalue weighted by molar-refractivity contribution is 6.36. The van der Waals surface area contributed by atoms with Gasteiger partial charge < -0.3 is 5.84 Å². The van der Waals surface area contributed by atoms with E-state index in [-0.39, 0.29) is 11.6 Å². The van der Waals surface area contributed by atoms with E-state index in [1.165, 1.54) is 6.92 Å². The second-order valence-electron chi connectivity index (χ2n) is 3.47. The molecule has 1 aromatic rings. The average Bonchev–Trinajstić information content (AvgIpc) is 2.52. The van der Waals surface area contributed by atoms with Gasteiger partial charge in [-0.3, -0.25) is 9.59 Å². The molecule has 1 unspecified atom stereocenters. The predicted molar refractivity (Wildman–Crippen MR) is 55.7 cm³/mol. The fraction of sp³-hybridized carbons (Fsp3) is 0.182. The lowest BCUT2D eigenvalue weighted by molar-refractivity contribution is -0.117. The molecule has 4 nitrogen and oxygen atoms in total. The number of nitrogens with two attached hydrogens (primary N) is 1. The standard InChI is InChI=1S/C11H10N2O2/c1-6(14)9-10(13-12)7-4-2-3-5-8(7)11(9)15/h2-5,9H,12H2,1H3/b13-10-. The van der Waals surface area contributed by atoms with E-state index in [1.54, 1.807) is 24.3 Å². The fourth-order valence-electron chi connectivity index (χ4n) is 1.88. The largest absolute Gasteiger partial charge is 0.323 e. The van der Waals surface area contributed by atoms with Gasteiger partial charge >= 0.3 is 0 Å². The van der Waals surface area contributed by atoms with Gasteiger partial charge in [0.25, 0.3) is 0 Å². The Hall–Kier alpha value is -1.97. The number of fused-ring (bicyclic) bond motifs is 1. The second-order valence-corrected chi connectivity index (χ2v) is 3.47. The molecule has 1 aliphatic rings. The number of ketones is 2. The van der Waals surface area contributed by atoms with Crippen molar-refractivity contribution in [1.82, 2.24) is 0 Å². The van der Waals surface area contributed by atoms with E-state index in [0.717, 1.165) is 0 Å². The van der Waals surface area contributed by atoms with Crippen LogP contribution in [-0.2, 0) is 4.79 Å². The molecule has 0 saturated heterocycles. The van der Waals surface area contributed by atoms with Crippen molar-refractivity contribution in [3.63, 3.8) is 0 Å². The third-order valence-corrected chi connectivity index (χ3v) is 2.55. The van der Waals surface area contributed by atoms with Crippen LogP contribution in [0.3, 0.4) is 0 Å². The number of carbonyl (C=O) groups excluding carboxylic acids is 2. The normalized spacial score (nSPS) is 21.8. The average molecular weight is 202 g/mol. The van der Waals surface area contributed by atoms with Gasteiger partial charge in [0.2, 0.25) is 0 Å². The summed E-state index contributed by atoms with van der Waals surface area (Å²) in [5, 5.41) is 3.56. The molecule has 1 atom stereocenters. The van der Waals surface area contributed by atoms with Crippen LogP contribution in [0, 0.1) is 5.92 Å². The highest BCUT2D eigenvalue weighted by Crippen LogP contribution is 2.27. The van der Waals surface area contributed by atoms with Gasteiger partial charge in [-0.1, -0.05) is 24.3 Å². The van der Waals surface area contributed by atoms with Gasteiger partial charge in [0, 0.05) is 11.1 Å². The van der Waals surface area contributed by atoms with Crippen LogP contribution in [0.25, 0.3) is 0 Å². The molecule has 0 saturated carbocycles. The zero-order valence-electron chi connectivity index (χ0n) is 8.23. The monoisotopic (exact) mass is 202 g/mol. The third kappa shape index (κ3) is 1.26. The first-order valence-electron chi connectivity index (χ1n) is 4.58. The van der Waals surface area contributed by atoms with Crippen molar-refractivity contribution in [2.24, 2.45) is 16.9 Å². The summed E-state index contributed by atoms with van der Waals surface area (Å²) in [5.41, 5.74) is 1.58. The molecular weight excluding hydrogens is 192 g/mol.